The SMILES string of the molecule is CCCSc1nc(NCCN)c2nnn(Cc3ccc(C#CC(=O)NCCCCCN4CCC(Nc5cccc6c5cc(C#CCNc5ccc(S(C)(=O)=O)cc5)n6CC(F)(F)F)CC4)cc3)c2n1. The molecule has 0 atom stereocenters. The van der Waals surface area contributed by atoms with E-state index in [2.05, 4.69) is 72.1 Å². The quantitative estimate of drug-likeness (QED) is 0.0234. The van der Waals surface area contributed by atoms with Gasteiger partial charge in [0.15, 0.2) is 32.0 Å². The summed E-state index contributed by atoms with van der Waals surface area (Å²) in [4.78, 5) is 24.5. The first-order chi connectivity index (χ1) is 33.3. The summed E-state index contributed by atoms with van der Waals surface area (Å²) in [7, 11) is -3.33. The highest BCUT2D eigenvalue weighted by Gasteiger charge is 2.30. The van der Waals surface area contributed by atoms with Gasteiger partial charge in [-0.1, -0.05) is 60.4 Å². The molecule has 0 aliphatic carbocycles. The van der Waals surface area contributed by atoms with E-state index < -0.39 is 22.6 Å². The maximum absolute atomic E-state index is 13.8. The third-order valence-electron chi connectivity index (χ3n) is 11.4. The van der Waals surface area contributed by atoms with Crippen LogP contribution >= 0.6 is 11.8 Å². The lowest BCUT2D eigenvalue weighted by Crippen LogP contribution is -2.39. The normalized spacial score (nSPS) is 13.4. The number of likely N-dealkylation sites (tertiary alicyclic amines) is 1. The van der Waals surface area contributed by atoms with Crippen molar-refractivity contribution >= 4 is 66.8 Å². The van der Waals surface area contributed by atoms with Gasteiger partial charge in [-0.3, -0.25) is 4.79 Å². The highest BCUT2D eigenvalue weighted by molar-refractivity contribution is 7.99. The van der Waals surface area contributed by atoms with Gasteiger partial charge in [0.05, 0.1) is 29.2 Å². The Kier molecular flexibility index (Phi) is 17.4. The molecule has 0 saturated carbocycles. The van der Waals surface area contributed by atoms with Gasteiger partial charge < -0.3 is 36.5 Å². The van der Waals surface area contributed by atoms with E-state index in [1.54, 1.807) is 46.8 Å². The van der Waals surface area contributed by atoms with Gasteiger partial charge in [0.1, 0.15) is 6.54 Å². The van der Waals surface area contributed by atoms with Crippen molar-refractivity contribution in [2.45, 2.75) is 80.8 Å². The largest absolute Gasteiger partial charge is 0.406 e. The first-order valence-electron chi connectivity index (χ1n) is 23.0. The zero-order valence-electron chi connectivity index (χ0n) is 38.7. The standard InChI is InChI=1S/C49H57F3N12O3S2/c1-3-31-68-48-58-46(56-27-24-53)45-47(59-48)64(61-60-45)33-36-14-12-35(13-15-36)16-21-44(65)55-25-5-4-6-28-62-29-22-38(23-30-62)57-42-10-7-11-43-41(42)32-39(63(43)34-49(50,51)52)9-8-26-54-37-17-19-40(20-18-37)69(2,66)67/h7,10-15,17-20,32,38,54,57H,3-6,22-31,33-34,53H2,1-2H3,(H,55,65)(H,56,58,59). The predicted molar refractivity (Wildman–Crippen MR) is 267 cm³/mol. The van der Waals surface area contributed by atoms with Gasteiger partial charge in [0.2, 0.25) is 0 Å². The fourth-order valence-corrected chi connectivity index (χ4v) is 9.20. The van der Waals surface area contributed by atoms with Gasteiger partial charge in [-0.25, -0.2) is 23.1 Å². The number of hydrogen-bond donors (Lipinski definition) is 5. The number of nitrogens with one attached hydrogen (secondary N) is 4. The molecule has 0 unspecified atom stereocenters. The molecule has 69 heavy (non-hydrogen) atoms. The van der Waals surface area contributed by atoms with Gasteiger partial charge in [0, 0.05) is 79.0 Å². The number of halogens is 3. The first kappa shape index (κ1) is 50.6. The second-order valence-corrected chi connectivity index (χ2v) is 19.9. The molecule has 3 aromatic carbocycles. The third-order valence-corrected chi connectivity index (χ3v) is 13.5. The minimum Gasteiger partial charge on any atom is -0.382 e. The molecule has 1 saturated heterocycles. The van der Waals surface area contributed by atoms with Crippen LogP contribution in [-0.2, 0) is 27.7 Å². The molecular weight excluding hydrogens is 926 g/mol. The van der Waals surface area contributed by atoms with Gasteiger partial charge in [0.25, 0.3) is 5.91 Å². The van der Waals surface area contributed by atoms with Gasteiger partial charge >= 0.3 is 6.18 Å². The smallest absolute Gasteiger partial charge is 0.382 e. The Bertz CT molecular complexity index is 2930. The Morgan fingerprint density at radius 3 is 2.46 bits per heavy atom. The van der Waals surface area contributed by atoms with Crippen LogP contribution in [0.1, 0.15) is 62.3 Å². The average molecular weight is 983 g/mol. The molecule has 364 valence electrons. The number of nitrogens with two attached hydrogens (primary N) is 1. The predicted octanol–water partition coefficient (Wildman–Crippen LogP) is 6.74. The number of alkyl halides is 3. The number of anilines is 3. The Morgan fingerprint density at radius 1 is 0.957 bits per heavy atom. The zero-order valence-corrected chi connectivity index (χ0v) is 40.3. The number of nitrogens with zero attached hydrogens (tertiary/aromatic N) is 7. The van der Waals surface area contributed by atoms with Crippen molar-refractivity contribution in [2.24, 2.45) is 5.73 Å². The number of carbonyl (C=O) groups excluding carboxylic acids is 1. The van der Waals surface area contributed by atoms with E-state index in [0.29, 0.717) is 64.9 Å². The summed E-state index contributed by atoms with van der Waals surface area (Å²) >= 11 is 1.58. The molecule has 4 heterocycles. The fourth-order valence-electron chi connectivity index (χ4n) is 7.88. The molecule has 1 amide bonds. The van der Waals surface area contributed by atoms with Crippen LogP contribution in [-0.4, -0.2) is 119 Å². The van der Waals surface area contributed by atoms with E-state index in [1.165, 1.54) is 16.7 Å². The number of rotatable bonds is 20. The number of thioether (sulfide) groups is 1. The minimum absolute atomic E-state index is 0.151. The highest BCUT2D eigenvalue weighted by atomic mass is 32.2. The molecule has 6 N–H and O–H groups in total. The molecule has 0 spiro atoms. The number of piperidine rings is 1. The summed E-state index contributed by atoms with van der Waals surface area (Å²) in [6.07, 6.45) is 2.26. The van der Waals surface area contributed by atoms with E-state index in [1.807, 2.05) is 30.3 Å². The Morgan fingerprint density at radius 2 is 1.74 bits per heavy atom. The molecule has 3 aromatic heterocycles. The summed E-state index contributed by atoms with van der Waals surface area (Å²) in [5, 5.41) is 22.8. The van der Waals surface area contributed by atoms with E-state index in [9.17, 15) is 26.4 Å². The molecule has 1 aliphatic rings. The van der Waals surface area contributed by atoms with E-state index in [4.69, 9.17) is 10.7 Å². The summed E-state index contributed by atoms with van der Waals surface area (Å²) < 4.78 is 67.8. The minimum atomic E-state index is -4.45. The number of benzene rings is 3. The Labute approximate surface area is 404 Å². The first-order valence-corrected chi connectivity index (χ1v) is 25.9. The van der Waals surface area contributed by atoms with Crippen molar-refractivity contribution in [3.05, 3.63) is 89.6 Å². The van der Waals surface area contributed by atoms with E-state index in [0.717, 1.165) is 87.0 Å². The van der Waals surface area contributed by atoms with Crippen LogP contribution < -0.4 is 27.0 Å². The molecule has 1 fully saturated rings. The van der Waals surface area contributed by atoms with Crippen LogP contribution in [0.5, 0.6) is 0 Å². The van der Waals surface area contributed by atoms with Crippen molar-refractivity contribution in [1.29, 1.82) is 0 Å². The van der Waals surface area contributed by atoms with Crippen molar-refractivity contribution in [2.75, 3.05) is 73.8 Å². The monoisotopic (exact) mass is 982 g/mol. The molecule has 7 rings (SSSR count). The number of hydrogen-bond acceptors (Lipinski definition) is 13. The van der Waals surface area contributed by atoms with Gasteiger partial charge in [-0.15, -0.1) is 5.10 Å². The number of unbranched alkanes of at least 4 members (excludes halogenated alkanes) is 2. The van der Waals surface area contributed by atoms with E-state index >= 15 is 0 Å². The zero-order chi connectivity index (χ0) is 48.8. The Balaban J connectivity index is 0.824. The summed E-state index contributed by atoms with van der Waals surface area (Å²) in [6.45, 7) is 5.85. The fraction of sp³-hybridized carbons (Fsp3) is 0.408. The second-order valence-electron chi connectivity index (χ2n) is 16.8. The van der Waals surface area contributed by atoms with Crippen LogP contribution in [0, 0.1) is 23.7 Å². The molecule has 1 aliphatic heterocycles. The van der Waals surface area contributed by atoms with Crippen molar-refractivity contribution in [3.8, 4) is 23.7 Å². The summed E-state index contributed by atoms with van der Waals surface area (Å²) in [5.74, 6) is 12.7. The maximum atomic E-state index is 13.8. The molecule has 0 radical (unpaired) electrons. The maximum Gasteiger partial charge on any atom is 0.406 e. The van der Waals surface area contributed by atoms with Crippen LogP contribution in [0.25, 0.3) is 22.1 Å². The number of fused-ring (bicyclic) bond motifs is 2. The van der Waals surface area contributed by atoms with Crippen LogP contribution in [0.3, 0.4) is 0 Å². The number of amides is 1. The second kappa shape index (κ2) is 23.8. The van der Waals surface area contributed by atoms with Crippen molar-refractivity contribution in [1.82, 2.24) is 39.7 Å². The average Bonchev–Trinajstić information content (AvgIpc) is 3.90. The van der Waals surface area contributed by atoms with Crippen molar-refractivity contribution < 1.29 is 26.4 Å². The lowest BCUT2D eigenvalue weighted by molar-refractivity contribution is -0.140. The van der Waals surface area contributed by atoms with Gasteiger partial charge in [-0.2, -0.15) is 13.2 Å². The van der Waals surface area contributed by atoms with Crippen molar-refractivity contribution in [3.63, 3.8) is 0 Å². The summed E-state index contributed by atoms with van der Waals surface area (Å²) in [6, 6.07) is 21.1. The molecule has 0 bridgehead atoms. The van der Waals surface area contributed by atoms with Gasteiger partial charge in [-0.05, 0) is 105 Å². The van der Waals surface area contributed by atoms with E-state index in [-0.39, 0.29) is 29.1 Å². The van der Waals surface area contributed by atoms with Crippen LogP contribution in [0.2, 0.25) is 0 Å². The topological polar surface area (TPSA) is 190 Å². The highest BCUT2D eigenvalue weighted by Crippen LogP contribution is 2.32. The van der Waals surface area contributed by atoms with Crippen LogP contribution in [0.4, 0.5) is 30.4 Å². The lowest BCUT2D eigenvalue weighted by atomic mass is 10.0. The van der Waals surface area contributed by atoms with Crippen LogP contribution in [0.15, 0.2) is 82.8 Å². The number of carbonyl (C=O) groups is 1. The molecular formula is C49H57F3N12O3S2. The molecule has 15 nitrogen and oxygen atoms in total. The summed E-state index contributed by atoms with van der Waals surface area (Å²) in [5.41, 5.74) is 10.8. The molecule has 20 heteroatoms. The third kappa shape index (κ3) is 14.6. The lowest BCUT2D eigenvalue weighted by Gasteiger charge is -2.33. The Hall–Kier alpha value is -6.32. The number of sulfone groups is 1. The molecule has 6 aromatic rings. The number of aromatic nitrogens is 6.